The van der Waals surface area contributed by atoms with Gasteiger partial charge in [-0.05, 0) is 25.5 Å². The molecule has 1 fully saturated rings. The lowest BCUT2D eigenvalue weighted by molar-refractivity contribution is -0.151. The van der Waals surface area contributed by atoms with Gasteiger partial charge in [0.15, 0.2) is 16.4 Å². The zero-order valence-corrected chi connectivity index (χ0v) is 15.3. The van der Waals surface area contributed by atoms with E-state index < -0.39 is 34.2 Å². The van der Waals surface area contributed by atoms with Crippen LogP contribution in [0.25, 0.3) is 0 Å². The predicted molar refractivity (Wildman–Crippen MR) is 94.2 cm³/mol. The van der Waals surface area contributed by atoms with Crippen LogP contribution in [0.2, 0.25) is 0 Å². The SMILES string of the molecule is CCN(C(=O)COC(=O)CNC(=O)c1ccccc1)[C@H]1CCS(=O)(=O)C1. The molecule has 2 amide bonds. The number of nitrogens with zero attached hydrogens (tertiary/aromatic N) is 1. The summed E-state index contributed by atoms with van der Waals surface area (Å²) in [5.74, 6) is -1.60. The second-order valence-corrected chi connectivity index (χ2v) is 8.17. The number of likely N-dealkylation sites (N-methyl/N-ethyl adjacent to an activating group) is 1. The van der Waals surface area contributed by atoms with Crippen LogP contribution in [-0.4, -0.2) is 68.3 Å². The summed E-state index contributed by atoms with van der Waals surface area (Å²) < 4.78 is 28.0. The Hall–Kier alpha value is -2.42. The van der Waals surface area contributed by atoms with Crippen LogP contribution in [0, 0.1) is 0 Å². The first-order valence-electron chi connectivity index (χ1n) is 8.31. The van der Waals surface area contributed by atoms with Gasteiger partial charge in [-0.3, -0.25) is 14.4 Å². The molecule has 2 rings (SSSR count). The van der Waals surface area contributed by atoms with Crippen LogP contribution < -0.4 is 5.32 Å². The number of hydrogen-bond acceptors (Lipinski definition) is 6. The molecule has 26 heavy (non-hydrogen) atoms. The molecule has 1 atom stereocenters. The molecule has 1 heterocycles. The molecule has 0 bridgehead atoms. The fourth-order valence-electron chi connectivity index (χ4n) is 2.78. The molecule has 1 N–H and O–H groups in total. The minimum Gasteiger partial charge on any atom is -0.454 e. The van der Waals surface area contributed by atoms with E-state index >= 15 is 0 Å². The summed E-state index contributed by atoms with van der Waals surface area (Å²) in [6, 6.07) is 8.01. The van der Waals surface area contributed by atoms with Crippen LogP contribution in [0.3, 0.4) is 0 Å². The molecule has 0 spiro atoms. The summed E-state index contributed by atoms with van der Waals surface area (Å²) in [6.07, 6.45) is 0.392. The van der Waals surface area contributed by atoms with E-state index in [4.69, 9.17) is 4.74 Å². The minimum atomic E-state index is -3.11. The summed E-state index contributed by atoms with van der Waals surface area (Å²) in [5.41, 5.74) is 0.413. The van der Waals surface area contributed by atoms with E-state index in [2.05, 4.69) is 5.32 Å². The van der Waals surface area contributed by atoms with Gasteiger partial charge in [-0.15, -0.1) is 0 Å². The molecule has 8 nitrogen and oxygen atoms in total. The van der Waals surface area contributed by atoms with E-state index in [1.54, 1.807) is 37.3 Å². The molecule has 0 aliphatic carbocycles. The number of sulfone groups is 1. The second kappa shape index (κ2) is 8.79. The van der Waals surface area contributed by atoms with E-state index in [9.17, 15) is 22.8 Å². The van der Waals surface area contributed by atoms with Crippen molar-refractivity contribution in [3.63, 3.8) is 0 Å². The zero-order chi connectivity index (χ0) is 19.2. The van der Waals surface area contributed by atoms with Crippen molar-refractivity contribution in [1.29, 1.82) is 0 Å². The van der Waals surface area contributed by atoms with Crippen molar-refractivity contribution >= 4 is 27.6 Å². The average molecular weight is 382 g/mol. The Kier molecular flexibility index (Phi) is 6.73. The molecule has 142 valence electrons. The number of rotatable bonds is 7. The smallest absolute Gasteiger partial charge is 0.325 e. The van der Waals surface area contributed by atoms with Crippen molar-refractivity contribution in [1.82, 2.24) is 10.2 Å². The van der Waals surface area contributed by atoms with Gasteiger partial charge in [0, 0.05) is 18.2 Å². The molecule has 9 heteroatoms. The van der Waals surface area contributed by atoms with Crippen molar-refractivity contribution in [3.8, 4) is 0 Å². The first-order chi connectivity index (χ1) is 12.3. The molecule has 1 aliphatic rings. The predicted octanol–water partition coefficient (Wildman–Crippen LogP) is -0.00480. The fraction of sp³-hybridized carbons (Fsp3) is 0.471. The van der Waals surface area contributed by atoms with Crippen molar-refractivity contribution in [3.05, 3.63) is 35.9 Å². The molecule has 1 aromatic rings. The third-order valence-electron chi connectivity index (χ3n) is 4.10. The zero-order valence-electron chi connectivity index (χ0n) is 14.5. The highest BCUT2D eigenvalue weighted by Gasteiger charge is 2.34. The van der Waals surface area contributed by atoms with Gasteiger partial charge in [-0.2, -0.15) is 0 Å². The van der Waals surface area contributed by atoms with Gasteiger partial charge in [-0.1, -0.05) is 18.2 Å². The maximum atomic E-state index is 12.2. The van der Waals surface area contributed by atoms with Gasteiger partial charge >= 0.3 is 5.97 Å². The summed E-state index contributed by atoms with van der Waals surface area (Å²) in [4.78, 5) is 37.2. The molecule has 0 radical (unpaired) electrons. The van der Waals surface area contributed by atoms with Gasteiger partial charge < -0.3 is 15.0 Å². The molecule has 0 unspecified atom stereocenters. The minimum absolute atomic E-state index is 0.0618. The van der Waals surface area contributed by atoms with Crippen molar-refractivity contribution in [2.24, 2.45) is 0 Å². The Morgan fingerprint density at radius 1 is 1.23 bits per heavy atom. The molecule has 0 saturated carbocycles. The lowest BCUT2D eigenvalue weighted by Crippen LogP contribution is -2.43. The van der Waals surface area contributed by atoms with Crippen LogP contribution in [0.1, 0.15) is 23.7 Å². The van der Waals surface area contributed by atoms with Crippen molar-refractivity contribution < 1.29 is 27.5 Å². The highest BCUT2D eigenvalue weighted by atomic mass is 32.2. The Morgan fingerprint density at radius 3 is 2.50 bits per heavy atom. The van der Waals surface area contributed by atoms with E-state index in [-0.39, 0.29) is 24.1 Å². The number of amides is 2. The highest BCUT2D eigenvalue weighted by molar-refractivity contribution is 7.91. The second-order valence-electron chi connectivity index (χ2n) is 5.95. The van der Waals surface area contributed by atoms with Crippen LogP contribution >= 0.6 is 0 Å². The third kappa shape index (κ3) is 5.55. The first kappa shape index (κ1) is 19.9. The Labute approximate surface area is 152 Å². The Morgan fingerprint density at radius 2 is 1.92 bits per heavy atom. The van der Waals surface area contributed by atoms with Crippen molar-refractivity contribution in [2.75, 3.05) is 31.2 Å². The highest BCUT2D eigenvalue weighted by Crippen LogP contribution is 2.17. The summed E-state index contributed by atoms with van der Waals surface area (Å²) in [7, 11) is -3.11. The van der Waals surface area contributed by atoms with Crippen LogP contribution in [0.5, 0.6) is 0 Å². The summed E-state index contributed by atoms with van der Waals surface area (Å²) in [6.45, 7) is 1.24. The number of carbonyl (C=O) groups is 3. The maximum absolute atomic E-state index is 12.2. The average Bonchev–Trinajstić information content (AvgIpc) is 2.98. The molecule has 1 aliphatic heterocycles. The van der Waals surface area contributed by atoms with Gasteiger partial charge in [0.05, 0.1) is 11.5 Å². The molecule has 0 aromatic heterocycles. The van der Waals surface area contributed by atoms with Crippen LogP contribution in [0.15, 0.2) is 30.3 Å². The third-order valence-corrected chi connectivity index (χ3v) is 5.85. The monoisotopic (exact) mass is 382 g/mol. The van der Waals surface area contributed by atoms with E-state index in [1.165, 1.54) is 4.90 Å². The fourth-order valence-corrected chi connectivity index (χ4v) is 4.51. The van der Waals surface area contributed by atoms with Crippen LogP contribution in [-0.2, 0) is 24.2 Å². The molecular weight excluding hydrogens is 360 g/mol. The topological polar surface area (TPSA) is 110 Å². The molecular formula is C17H22N2O6S. The first-order valence-corrected chi connectivity index (χ1v) is 10.1. The molecule has 1 saturated heterocycles. The standard InChI is InChI=1S/C17H22N2O6S/c1-2-19(14-8-9-26(23,24)12-14)15(20)11-25-16(21)10-18-17(22)13-6-4-3-5-7-13/h3-7,14H,2,8-12H2,1H3,(H,18,22)/t14-/m0/s1. The van der Waals surface area contributed by atoms with E-state index in [0.29, 0.717) is 18.5 Å². The largest absolute Gasteiger partial charge is 0.454 e. The maximum Gasteiger partial charge on any atom is 0.325 e. The number of ether oxygens (including phenoxy) is 1. The molecule has 1 aromatic carbocycles. The summed E-state index contributed by atoms with van der Waals surface area (Å²) >= 11 is 0. The lowest BCUT2D eigenvalue weighted by atomic mass is 10.2. The number of carbonyl (C=O) groups excluding carboxylic acids is 3. The van der Waals surface area contributed by atoms with Gasteiger partial charge in [0.25, 0.3) is 11.8 Å². The van der Waals surface area contributed by atoms with E-state index in [1.807, 2.05) is 0 Å². The number of nitrogens with one attached hydrogen (secondary N) is 1. The van der Waals surface area contributed by atoms with Gasteiger partial charge in [-0.25, -0.2) is 8.42 Å². The lowest BCUT2D eigenvalue weighted by Gasteiger charge is -2.26. The van der Waals surface area contributed by atoms with Gasteiger partial charge in [0.1, 0.15) is 6.54 Å². The Bertz CT molecular complexity index is 763. The Balaban J connectivity index is 1.77. The number of esters is 1. The number of hydrogen-bond donors (Lipinski definition) is 1. The number of benzene rings is 1. The quantitative estimate of drug-likeness (QED) is 0.665. The normalized spacial score (nSPS) is 18.1. The summed E-state index contributed by atoms with van der Waals surface area (Å²) in [5, 5.41) is 2.41. The van der Waals surface area contributed by atoms with Gasteiger partial charge in [0.2, 0.25) is 0 Å². The van der Waals surface area contributed by atoms with E-state index in [0.717, 1.165) is 0 Å². The van der Waals surface area contributed by atoms with Crippen LogP contribution in [0.4, 0.5) is 0 Å². The van der Waals surface area contributed by atoms with Crippen molar-refractivity contribution in [2.45, 2.75) is 19.4 Å².